The third-order valence-corrected chi connectivity index (χ3v) is 4.96. The van der Waals surface area contributed by atoms with Gasteiger partial charge in [-0.1, -0.05) is 0 Å². The molecular weight excluding hydrogens is 512 g/mol. The van der Waals surface area contributed by atoms with Crippen LogP contribution in [0.25, 0.3) is 0 Å². The Balaban J connectivity index is 2.68. The normalized spacial score (nSPS) is 11.6. The lowest BCUT2D eigenvalue weighted by Crippen LogP contribution is -2.60. The van der Waals surface area contributed by atoms with E-state index in [1.165, 1.54) is 0 Å². The molecule has 0 aliphatic carbocycles. The molecule has 16 heteroatoms. The average molecular weight is 513 g/mol. The van der Waals surface area contributed by atoms with Crippen LogP contribution in [0.3, 0.4) is 0 Å². The first-order valence-corrected chi connectivity index (χ1v) is 8.40. The minimum Gasteiger partial charge on any atom is -0.207 e. The summed E-state index contributed by atoms with van der Waals surface area (Å²) in [6.45, 7) is -5.16. The molecule has 0 spiro atoms. The van der Waals surface area contributed by atoms with Gasteiger partial charge in [-0.25, -0.2) is 65.9 Å². The number of hydrogen-bond acceptors (Lipinski definition) is 0. The SMILES string of the molecule is Fc1c(F)c(F)c([BH-](c2c(F)c(F)c(F)c(F)c2F)c2c(F)c(F)c(F)c(F)c2F)c(F)c1F. The quantitative estimate of drug-likeness (QED) is 0.215. The molecule has 0 unspecified atom stereocenters. The van der Waals surface area contributed by atoms with Gasteiger partial charge in [-0.2, -0.15) is 0 Å². The number of halogens is 15. The molecule has 0 aliphatic heterocycles. The van der Waals surface area contributed by atoms with E-state index in [1.807, 2.05) is 0 Å². The molecule has 0 heterocycles. The molecule has 3 rings (SSSR count). The molecule has 0 amide bonds. The maximum Gasteiger partial charge on any atom is 0.200 e. The lowest BCUT2D eigenvalue weighted by Gasteiger charge is -2.30. The summed E-state index contributed by atoms with van der Waals surface area (Å²) in [7, 11) is 0. The Morgan fingerprint density at radius 1 is 0.206 bits per heavy atom. The summed E-state index contributed by atoms with van der Waals surface area (Å²) in [6.07, 6.45) is 0. The molecule has 0 atom stereocenters. The van der Waals surface area contributed by atoms with Crippen LogP contribution in [0, 0.1) is 87.3 Å². The van der Waals surface area contributed by atoms with Gasteiger partial charge in [0.15, 0.2) is 52.4 Å². The van der Waals surface area contributed by atoms with Crippen LogP contribution >= 0.6 is 0 Å². The average Bonchev–Trinajstić information content (AvgIpc) is 2.81. The zero-order chi connectivity index (χ0) is 26.0. The van der Waals surface area contributed by atoms with E-state index in [-0.39, 0.29) is 0 Å². The van der Waals surface area contributed by atoms with Crippen molar-refractivity contribution in [1.82, 2.24) is 0 Å². The summed E-state index contributed by atoms with van der Waals surface area (Å²) in [6, 6.07) is 0. The Morgan fingerprint density at radius 3 is 0.471 bits per heavy atom. The number of rotatable bonds is 3. The molecule has 0 fully saturated rings. The fraction of sp³-hybridized carbons (Fsp3) is 0. The molecule has 182 valence electrons. The van der Waals surface area contributed by atoms with Crippen LogP contribution in [-0.4, -0.2) is 6.71 Å². The highest BCUT2D eigenvalue weighted by atomic mass is 19.2. The van der Waals surface area contributed by atoms with Crippen molar-refractivity contribution in [3.63, 3.8) is 0 Å². The third-order valence-electron chi connectivity index (χ3n) is 4.96. The lowest BCUT2D eigenvalue weighted by atomic mass is 9.36. The molecule has 0 N–H and O–H groups in total. The van der Waals surface area contributed by atoms with Crippen LogP contribution in [-0.2, 0) is 0 Å². The molecule has 0 aromatic heterocycles. The van der Waals surface area contributed by atoms with Crippen molar-refractivity contribution in [3.05, 3.63) is 87.3 Å². The van der Waals surface area contributed by atoms with Gasteiger partial charge in [0.1, 0.15) is 34.9 Å². The maximum absolute atomic E-state index is 14.4. The zero-order valence-corrected chi connectivity index (χ0v) is 15.4. The van der Waals surface area contributed by atoms with Crippen LogP contribution in [0.5, 0.6) is 0 Å². The fourth-order valence-electron chi connectivity index (χ4n) is 3.41. The molecule has 34 heavy (non-hydrogen) atoms. The smallest absolute Gasteiger partial charge is 0.200 e. The summed E-state index contributed by atoms with van der Waals surface area (Å²) < 4.78 is 209. The summed E-state index contributed by atoms with van der Waals surface area (Å²) in [5.74, 6) is -44.8. The number of benzene rings is 3. The Morgan fingerprint density at radius 2 is 0.324 bits per heavy atom. The largest absolute Gasteiger partial charge is 0.207 e. The molecule has 3 aromatic rings. The van der Waals surface area contributed by atoms with E-state index >= 15 is 0 Å². The number of hydrogen-bond donors (Lipinski definition) is 0. The minimum atomic E-state index is -5.16. The van der Waals surface area contributed by atoms with Crippen molar-refractivity contribution < 1.29 is 65.9 Å². The second kappa shape index (κ2) is 8.47. The molecular formula is C18HBF15-. The Labute approximate surface area is 177 Å². The van der Waals surface area contributed by atoms with Gasteiger partial charge in [0, 0.05) is 0 Å². The molecule has 3 aromatic carbocycles. The van der Waals surface area contributed by atoms with Crippen LogP contribution < -0.4 is 16.4 Å². The van der Waals surface area contributed by atoms with E-state index in [4.69, 9.17) is 0 Å². The highest BCUT2D eigenvalue weighted by Crippen LogP contribution is 2.23. The minimum absolute atomic E-state index is 2.59. The van der Waals surface area contributed by atoms with Gasteiger partial charge >= 0.3 is 0 Å². The van der Waals surface area contributed by atoms with Crippen LogP contribution in [0.1, 0.15) is 0 Å². The monoisotopic (exact) mass is 513 g/mol. The highest BCUT2D eigenvalue weighted by molar-refractivity contribution is 6.95. The molecule has 0 radical (unpaired) electrons. The van der Waals surface area contributed by atoms with Gasteiger partial charge in [0.2, 0.25) is 0 Å². The topological polar surface area (TPSA) is 0 Å². The van der Waals surface area contributed by atoms with Crippen molar-refractivity contribution >= 4 is 23.1 Å². The maximum atomic E-state index is 14.4. The molecule has 0 nitrogen and oxygen atoms in total. The summed E-state index contributed by atoms with van der Waals surface area (Å²) >= 11 is 0. The molecule has 0 aliphatic rings. The van der Waals surface area contributed by atoms with E-state index in [0.29, 0.717) is 0 Å². The third kappa shape index (κ3) is 3.37. The standard InChI is InChI=1S/C18HBF15/c20-4-1(5(21)11(27)16(32)10(4)26)19(2-6(22)12(28)17(33)13(29)7(2)23)3-8(24)14(30)18(34)15(31)9(3)25/h19H/q-1. The molecule has 0 saturated carbocycles. The fourth-order valence-corrected chi connectivity index (χ4v) is 3.41. The Hall–Kier alpha value is -3.33. The van der Waals surface area contributed by atoms with E-state index in [1.54, 1.807) is 0 Å². The first-order chi connectivity index (χ1) is 15.7. The van der Waals surface area contributed by atoms with Gasteiger partial charge in [0.25, 0.3) is 0 Å². The van der Waals surface area contributed by atoms with Gasteiger partial charge in [-0.3, -0.25) is 0 Å². The van der Waals surface area contributed by atoms with Gasteiger partial charge < -0.3 is 0 Å². The van der Waals surface area contributed by atoms with Crippen molar-refractivity contribution in [2.24, 2.45) is 0 Å². The molecule has 0 bridgehead atoms. The van der Waals surface area contributed by atoms with Crippen LogP contribution in [0.4, 0.5) is 65.9 Å². The van der Waals surface area contributed by atoms with Crippen LogP contribution in [0.2, 0.25) is 0 Å². The van der Waals surface area contributed by atoms with Gasteiger partial charge in [-0.05, 0) is 0 Å². The first kappa shape index (κ1) is 25.3. The second-order valence-electron chi connectivity index (χ2n) is 6.68. The zero-order valence-electron chi connectivity index (χ0n) is 15.4. The van der Waals surface area contributed by atoms with Gasteiger partial charge in [-0.15, -0.1) is 16.4 Å². The van der Waals surface area contributed by atoms with E-state index < -0.39 is 110 Å². The van der Waals surface area contributed by atoms with Crippen LogP contribution in [0.15, 0.2) is 0 Å². The highest BCUT2D eigenvalue weighted by Gasteiger charge is 2.37. The Bertz CT molecular complexity index is 1110. The van der Waals surface area contributed by atoms with Crippen molar-refractivity contribution in [1.29, 1.82) is 0 Å². The summed E-state index contributed by atoms with van der Waals surface area (Å²) in [4.78, 5) is 0. The summed E-state index contributed by atoms with van der Waals surface area (Å²) in [5, 5.41) is 0. The van der Waals surface area contributed by atoms with Crippen molar-refractivity contribution in [2.45, 2.75) is 0 Å². The predicted octanol–water partition coefficient (Wildman–Crippen LogP) is 4.02. The first-order valence-electron chi connectivity index (χ1n) is 8.40. The van der Waals surface area contributed by atoms with E-state index in [0.717, 1.165) is 0 Å². The predicted molar refractivity (Wildman–Crippen MR) is 84.7 cm³/mol. The molecule has 0 saturated heterocycles. The van der Waals surface area contributed by atoms with Crippen molar-refractivity contribution in [3.8, 4) is 0 Å². The second-order valence-corrected chi connectivity index (χ2v) is 6.68. The lowest BCUT2D eigenvalue weighted by molar-refractivity contribution is 0.380. The summed E-state index contributed by atoms with van der Waals surface area (Å²) in [5.41, 5.74) is -7.78. The van der Waals surface area contributed by atoms with E-state index in [2.05, 4.69) is 0 Å². The van der Waals surface area contributed by atoms with Crippen molar-refractivity contribution in [2.75, 3.05) is 0 Å². The van der Waals surface area contributed by atoms with E-state index in [9.17, 15) is 65.9 Å². The van der Waals surface area contributed by atoms with Gasteiger partial charge in [0.05, 0.1) is 6.71 Å². The Kier molecular flexibility index (Phi) is 6.30.